The summed E-state index contributed by atoms with van der Waals surface area (Å²) < 4.78 is 12.8. The maximum atomic E-state index is 12.5. The summed E-state index contributed by atoms with van der Waals surface area (Å²) in [6, 6.07) is 6.00. The first-order valence-corrected chi connectivity index (χ1v) is 10.9. The second kappa shape index (κ2) is 8.92. The van der Waals surface area contributed by atoms with Crippen LogP contribution in [0, 0.1) is 12.8 Å². The molecule has 0 spiro atoms. The molecule has 1 amide bonds. The quantitative estimate of drug-likeness (QED) is 0.634. The van der Waals surface area contributed by atoms with Crippen LogP contribution in [0.1, 0.15) is 31.4 Å². The Hall–Kier alpha value is -2.45. The molecular weight excluding hydrogens is 388 g/mol. The molecule has 1 saturated carbocycles. The van der Waals surface area contributed by atoms with Crippen molar-refractivity contribution in [3.63, 3.8) is 0 Å². The van der Waals surface area contributed by atoms with E-state index >= 15 is 0 Å². The summed E-state index contributed by atoms with van der Waals surface area (Å²) in [6.45, 7) is 3.04. The standard InChI is InChI=1S/C21H26N4O3S/c1-14-12-18(28-24-14)17-13-23-25(20(17)19-4-3-11-29-19)10-9-22-21(26)15-5-7-16(27-2)8-6-15/h3-4,11-13,15-16H,5-10H2,1-2H3,(H,22,26). The number of hydrogen-bond acceptors (Lipinski definition) is 6. The Morgan fingerprint density at radius 2 is 2.21 bits per heavy atom. The predicted octanol–water partition coefficient (Wildman–Crippen LogP) is 3.90. The van der Waals surface area contributed by atoms with Crippen molar-refractivity contribution in [2.45, 2.75) is 45.3 Å². The van der Waals surface area contributed by atoms with Crippen molar-refractivity contribution in [3.8, 4) is 21.9 Å². The number of carbonyl (C=O) groups excluding carboxylic acids is 1. The highest BCUT2D eigenvalue weighted by molar-refractivity contribution is 7.13. The van der Waals surface area contributed by atoms with Gasteiger partial charge in [-0.1, -0.05) is 11.2 Å². The van der Waals surface area contributed by atoms with E-state index in [1.165, 1.54) is 0 Å². The van der Waals surface area contributed by atoms with Crippen LogP contribution in [-0.2, 0) is 16.1 Å². The minimum atomic E-state index is 0.0866. The molecule has 1 aliphatic rings. The van der Waals surface area contributed by atoms with Crippen LogP contribution in [0.4, 0.5) is 0 Å². The lowest BCUT2D eigenvalue weighted by atomic mass is 9.87. The van der Waals surface area contributed by atoms with Crippen molar-refractivity contribution in [3.05, 3.63) is 35.5 Å². The van der Waals surface area contributed by atoms with Crippen LogP contribution < -0.4 is 5.32 Å². The van der Waals surface area contributed by atoms with Crippen LogP contribution in [0.15, 0.2) is 34.3 Å². The van der Waals surface area contributed by atoms with E-state index in [4.69, 9.17) is 9.26 Å². The maximum absolute atomic E-state index is 12.5. The van der Waals surface area contributed by atoms with Crippen molar-refractivity contribution in [2.75, 3.05) is 13.7 Å². The summed E-state index contributed by atoms with van der Waals surface area (Å²) in [6.07, 6.45) is 5.80. The van der Waals surface area contributed by atoms with E-state index in [-0.39, 0.29) is 11.8 Å². The molecule has 3 aromatic rings. The number of hydrogen-bond donors (Lipinski definition) is 1. The number of aryl methyl sites for hydroxylation is 1. The highest BCUT2D eigenvalue weighted by atomic mass is 32.1. The summed E-state index contributed by atoms with van der Waals surface area (Å²) in [4.78, 5) is 13.6. The molecule has 4 rings (SSSR count). The van der Waals surface area contributed by atoms with Crippen LogP contribution in [0.2, 0.25) is 0 Å². The van der Waals surface area contributed by atoms with E-state index in [0.29, 0.717) is 25.0 Å². The van der Waals surface area contributed by atoms with Crippen molar-refractivity contribution < 1.29 is 14.1 Å². The zero-order chi connectivity index (χ0) is 20.2. The van der Waals surface area contributed by atoms with E-state index in [9.17, 15) is 4.79 Å². The molecule has 0 bridgehead atoms. The Balaban J connectivity index is 1.43. The van der Waals surface area contributed by atoms with Gasteiger partial charge in [0.25, 0.3) is 0 Å². The molecule has 0 radical (unpaired) electrons. The number of ether oxygens (including phenoxy) is 1. The van der Waals surface area contributed by atoms with Crippen molar-refractivity contribution in [2.24, 2.45) is 5.92 Å². The fourth-order valence-corrected chi connectivity index (χ4v) is 4.68. The Morgan fingerprint density at radius 3 is 2.86 bits per heavy atom. The fraction of sp³-hybridized carbons (Fsp3) is 0.476. The molecule has 8 heteroatoms. The smallest absolute Gasteiger partial charge is 0.223 e. The molecule has 0 aromatic carbocycles. The first kappa shape index (κ1) is 19.8. The minimum absolute atomic E-state index is 0.0866. The zero-order valence-electron chi connectivity index (χ0n) is 16.8. The largest absolute Gasteiger partial charge is 0.381 e. The third-order valence-electron chi connectivity index (χ3n) is 5.49. The first-order valence-electron chi connectivity index (χ1n) is 9.99. The highest BCUT2D eigenvalue weighted by Gasteiger charge is 2.26. The molecule has 29 heavy (non-hydrogen) atoms. The van der Waals surface area contributed by atoms with Gasteiger partial charge in [-0.25, -0.2) is 0 Å². The highest BCUT2D eigenvalue weighted by Crippen LogP contribution is 2.35. The van der Waals surface area contributed by atoms with Gasteiger partial charge < -0.3 is 14.6 Å². The average molecular weight is 415 g/mol. The van der Waals surface area contributed by atoms with Gasteiger partial charge in [0.15, 0.2) is 5.76 Å². The molecule has 0 unspecified atom stereocenters. The molecule has 3 aromatic heterocycles. The molecule has 154 valence electrons. The molecule has 0 aliphatic heterocycles. The number of rotatable bonds is 7. The van der Waals surface area contributed by atoms with Gasteiger partial charge in [0.1, 0.15) is 0 Å². The Morgan fingerprint density at radius 1 is 1.38 bits per heavy atom. The van der Waals surface area contributed by atoms with E-state index in [1.807, 2.05) is 35.3 Å². The second-order valence-electron chi connectivity index (χ2n) is 7.44. The van der Waals surface area contributed by atoms with Gasteiger partial charge in [0.2, 0.25) is 5.91 Å². The average Bonchev–Trinajstić information content (AvgIpc) is 3.48. The molecule has 0 saturated heterocycles. The predicted molar refractivity (Wildman–Crippen MR) is 112 cm³/mol. The Labute approximate surface area is 174 Å². The number of thiophene rings is 1. The van der Waals surface area contributed by atoms with Gasteiger partial charge >= 0.3 is 0 Å². The Kier molecular flexibility index (Phi) is 6.10. The van der Waals surface area contributed by atoms with Crippen LogP contribution in [-0.4, -0.2) is 40.6 Å². The van der Waals surface area contributed by atoms with E-state index in [0.717, 1.165) is 47.5 Å². The normalized spacial score (nSPS) is 19.4. The lowest BCUT2D eigenvalue weighted by Crippen LogP contribution is -2.36. The van der Waals surface area contributed by atoms with Crippen LogP contribution in [0.25, 0.3) is 21.9 Å². The Bertz CT molecular complexity index is 939. The number of methoxy groups -OCH3 is 1. The number of aromatic nitrogens is 3. The summed E-state index contributed by atoms with van der Waals surface area (Å²) in [5.74, 6) is 0.926. The molecule has 1 aliphatic carbocycles. The lowest BCUT2D eigenvalue weighted by molar-refractivity contribution is -0.126. The SMILES string of the molecule is COC1CCC(C(=O)NCCn2ncc(-c3cc(C)no3)c2-c2cccs2)CC1. The number of carbonyl (C=O) groups is 1. The fourth-order valence-electron chi connectivity index (χ4n) is 3.89. The monoisotopic (exact) mass is 414 g/mol. The number of amides is 1. The summed E-state index contributed by atoms with van der Waals surface area (Å²) in [5, 5.41) is 13.7. The maximum Gasteiger partial charge on any atom is 0.223 e. The third-order valence-corrected chi connectivity index (χ3v) is 6.37. The van der Waals surface area contributed by atoms with Crippen LogP contribution in [0.5, 0.6) is 0 Å². The van der Waals surface area contributed by atoms with Crippen molar-refractivity contribution in [1.29, 1.82) is 0 Å². The topological polar surface area (TPSA) is 82.2 Å². The second-order valence-corrected chi connectivity index (χ2v) is 8.39. The number of nitrogens with zero attached hydrogens (tertiary/aromatic N) is 3. The molecular formula is C21H26N4O3S. The van der Waals surface area contributed by atoms with Gasteiger partial charge in [-0.3, -0.25) is 9.48 Å². The van der Waals surface area contributed by atoms with Gasteiger partial charge in [-0.15, -0.1) is 11.3 Å². The van der Waals surface area contributed by atoms with Gasteiger partial charge in [0.05, 0.1) is 40.7 Å². The third kappa shape index (κ3) is 4.43. The molecule has 0 atom stereocenters. The zero-order valence-corrected chi connectivity index (χ0v) is 17.6. The van der Waals surface area contributed by atoms with Gasteiger partial charge in [-0.05, 0) is 44.1 Å². The first-order chi connectivity index (χ1) is 14.2. The summed E-state index contributed by atoms with van der Waals surface area (Å²) in [7, 11) is 1.74. The van der Waals surface area contributed by atoms with Gasteiger partial charge in [-0.2, -0.15) is 5.10 Å². The minimum Gasteiger partial charge on any atom is -0.381 e. The summed E-state index contributed by atoms with van der Waals surface area (Å²) >= 11 is 1.65. The van der Waals surface area contributed by atoms with E-state index in [1.54, 1.807) is 18.4 Å². The van der Waals surface area contributed by atoms with Crippen molar-refractivity contribution >= 4 is 17.2 Å². The van der Waals surface area contributed by atoms with Crippen LogP contribution >= 0.6 is 11.3 Å². The lowest BCUT2D eigenvalue weighted by Gasteiger charge is -2.26. The number of nitrogens with one attached hydrogen (secondary N) is 1. The van der Waals surface area contributed by atoms with E-state index in [2.05, 4.69) is 21.6 Å². The summed E-state index contributed by atoms with van der Waals surface area (Å²) in [5.41, 5.74) is 2.74. The molecule has 1 N–H and O–H groups in total. The molecule has 3 heterocycles. The van der Waals surface area contributed by atoms with E-state index < -0.39 is 0 Å². The van der Waals surface area contributed by atoms with Gasteiger partial charge in [0, 0.05) is 25.6 Å². The van der Waals surface area contributed by atoms with Crippen molar-refractivity contribution in [1.82, 2.24) is 20.3 Å². The molecule has 7 nitrogen and oxygen atoms in total. The molecule has 1 fully saturated rings. The van der Waals surface area contributed by atoms with Crippen LogP contribution in [0.3, 0.4) is 0 Å².